The third-order valence-corrected chi connectivity index (χ3v) is 3.12. The van der Waals surface area contributed by atoms with E-state index in [-0.39, 0.29) is 5.56 Å². The van der Waals surface area contributed by atoms with E-state index >= 15 is 0 Å². The molecule has 3 rings (SSSR count). The number of hydrogen-bond donors (Lipinski definition) is 1. The van der Waals surface area contributed by atoms with Crippen molar-refractivity contribution >= 4 is 11.6 Å². The Kier molecular flexibility index (Phi) is 3.73. The van der Waals surface area contributed by atoms with E-state index in [1.165, 1.54) is 12.1 Å². The molecule has 1 N–H and O–H groups in total. The van der Waals surface area contributed by atoms with Crippen molar-refractivity contribution in [1.29, 1.82) is 0 Å². The highest BCUT2D eigenvalue weighted by atomic mass is 19.1. The molecule has 2 aromatic rings. The van der Waals surface area contributed by atoms with Gasteiger partial charge in [-0.25, -0.2) is 4.39 Å². The Labute approximate surface area is 121 Å². The summed E-state index contributed by atoms with van der Waals surface area (Å²) in [6.07, 6.45) is 0.811. The molecule has 1 heterocycles. The molecule has 0 unspecified atom stereocenters. The smallest absolute Gasteiger partial charge is 0.258 e. The molecule has 0 saturated carbocycles. The van der Waals surface area contributed by atoms with Crippen molar-refractivity contribution < 1.29 is 18.7 Å². The van der Waals surface area contributed by atoms with E-state index in [0.717, 1.165) is 6.42 Å². The molecule has 0 radical (unpaired) electrons. The SMILES string of the molecule is O=C(Nc1ccc2c(c1)OCCCO2)c1ccccc1F. The Morgan fingerprint density at radius 2 is 1.81 bits per heavy atom. The number of halogens is 1. The summed E-state index contributed by atoms with van der Waals surface area (Å²) in [5.41, 5.74) is 0.539. The van der Waals surface area contributed by atoms with Crippen LogP contribution in [0.3, 0.4) is 0 Å². The third-order valence-electron chi connectivity index (χ3n) is 3.12. The number of rotatable bonds is 2. The summed E-state index contributed by atoms with van der Waals surface area (Å²) < 4.78 is 24.6. The van der Waals surface area contributed by atoms with Crippen LogP contribution in [0.15, 0.2) is 42.5 Å². The predicted octanol–water partition coefficient (Wildman–Crippen LogP) is 3.24. The summed E-state index contributed by atoms with van der Waals surface area (Å²) in [5.74, 6) is 0.183. The first-order chi connectivity index (χ1) is 10.2. The van der Waals surface area contributed by atoms with Crippen LogP contribution in [-0.2, 0) is 0 Å². The number of nitrogens with one attached hydrogen (secondary N) is 1. The Hall–Kier alpha value is -2.56. The standard InChI is InChI=1S/C16H14FNO3/c17-13-5-2-1-4-12(13)16(19)18-11-6-7-14-15(10-11)21-9-3-8-20-14/h1-2,4-7,10H,3,8-9H2,(H,18,19). The fourth-order valence-corrected chi connectivity index (χ4v) is 2.08. The average molecular weight is 287 g/mol. The second-order valence-corrected chi connectivity index (χ2v) is 4.65. The maximum atomic E-state index is 13.6. The maximum Gasteiger partial charge on any atom is 0.258 e. The molecular formula is C16H14FNO3. The second-order valence-electron chi connectivity index (χ2n) is 4.65. The van der Waals surface area contributed by atoms with Crippen LogP contribution in [0.5, 0.6) is 11.5 Å². The predicted molar refractivity (Wildman–Crippen MR) is 76.4 cm³/mol. The van der Waals surface area contributed by atoms with Gasteiger partial charge in [-0.3, -0.25) is 4.79 Å². The Balaban J connectivity index is 1.81. The van der Waals surface area contributed by atoms with Gasteiger partial charge in [0.2, 0.25) is 0 Å². The zero-order valence-corrected chi connectivity index (χ0v) is 11.3. The Morgan fingerprint density at radius 1 is 1.05 bits per heavy atom. The number of amides is 1. The van der Waals surface area contributed by atoms with Crippen molar-refractivity contribution in [3.05, 3.63) is 53.8 Å². The highest BCUT2D eigenvalue weighted by Gasteiger charge is 2.14. The van der Waals surface area contributed by atoms with Gasteiger partial charge >= 0.3 is 0 Å². The number of ether oxygens (including phenoxy) is 2. The highest BCUT2D eigenvalue weighted by molar-refractivity contribution is 6.04. The third kappa shape index (κ3) is 2.97. The molecule has 1 aliphatic rings. The Bertz CT molecular complexity index is 672. The van der Waals surface area contributed by atoms with Crippen LogP contribution in [-0.4, -0.2) is 19.1 Å². The minimum Gasteiger partial charge on any atom is -0.490 e. The van der Waals surface area contributed by atoms with E-state index in [9.17, 15) is 9.18 Å². The van der Waals surface area contributed by atoms with Crippen LogP contribution >= 0.6 is 0 Å². The van der Waals surface area contributed by atoms with Gasteiger partial charge in [-0.1, -0.05) is 12.1 Å². The molecule has 0 aliphatic carbocycles. The number of benzene rings is 2. The quantitative estimate of drug-likeness (QED) is 0.922. The summed E-state index contributed by atoms with van der Waals surface area (Å²) in [7, 11) is 0. The van der Waals surface area contributed by atoms with Crippen LogP contribution in [0.1, 0.15) is 16.8 Å². The molecule has 1 amide bonds. The summed E-state index contributed by atoms with van der Waals surface area (Å²) >= 11 is 0. The fraction of sp³-hybridized carbons (Fsp3) is 0.188. The number of carbonyl (C=O) groups is 1. The monoisotopic (exact) mass is 287 g/mol. The minimum absolute atomic E-state index is 0.00427. The van der Waals surface area contributed by atoms with Crippen LogP contribution in [0.2, 0.25) is 0 Å². The van der Waals surface area contributed by atoms with E-state index < -0.39 is 11.7 Å². The van der Waals surface area contributed by atoms with Crippen molar-refractivity contribution in [1.82, 2.24) is 0 Å². The normalized spacial score (nSPS) is 13.4. The molecule has 5 heteroatoms. The summed E-state index contributed by atoms with van der Waals surface area (Å²) in [5, 5.41) is 2.66. The van der Waals surface area contributed by atoms with Crippen molar-refractivity contribution in [3.63, 3.8) is 0 Å². The lowest BCUT2D eigenvalue weighted by Gasteiger charge is -2.10. The van der Waals surface area contributed by atoms with E-state index in [1.54, 1.807) is 30.3 Å². The second kappa shape index (κ2) is 5.83. The zero-order valence-electron chi connectivity index (χ0n) is 11.3. The van der Waals surface area contributed by atoms with Crippen molar-refractivity contribution in [3.8, 4) is 11.5 Å². The van der Waals surface area contributed by atoms with Crippen molar-refractivity contribution in [2.45, 2.75) is 6.42 Å². The topological polar surface area (TPSA) is 47.6 Å². The lowest BCUT2D eigenvalue weighted by Crippen LogP contribution is -2.13. The molecule has 21 heavy (non-hydrogen) atoms. The van der Waals surface area contributed by atoms with E-state index in [2.05, 4.69) is 5.32 Å². The van der Waals surface area contributed by atoms with Gasteiger partial charge in [0.25, 0.3) is 5.91 Å². The molecule has 1 aliphatic heterocycles. The highest BCUT2D eigenvalue weighted by Crippen LogP contribution is 2.32. The van der Waals surface area contributed by atoms with Crippen LogP contribution < -0.4 is 14.8 Å². The Morgan fingerprint density at radius 3 is 2.62 bits per heavy atom. The van der Waals surface area contributed by atoms with Crippen molar-refractivity contribution in [2.24, 2.45) is 0 Å². The summed E-state index contributed by atoms with van der Waals surface area (Å²) in [4.78, 5) is 12.0. The first-order valence-electron chi connectivity index (χ1n) is 6.69. The average Bonchev–Trinajstić information content (AvgIpc) is 2.72. The molecule has 0 saturated heterocycles. The fourth-order valence-electron chi connectivity index (χ4n) is 2.08. The molecule has 108 valence electrons. The van der Waals surface area contributed by atoms with Gasteiger partial charge in [-0.05, 0) is 24.3 Å². The van der Waals surface area contributed by atoms with Crippen LogP contribution in [0.4, 0.5) is 10.1 Å². The van der Waals surface area contributed by atoms with Gasteiger partial charge < -0.3 is 14.8 Å². The lowest BCUT2D eigenvalue weighted by molar-refractivity contribution is 0.102. The van der Waals surface area contributed by atoms with Gasteiger partial charge in [-0.2, -0.15) is 0 Å². The van der Waals surface area contributed by atoms with Crippen LogP contribution in [0, 0.1) is 5.82 Å². The minimum atomic E-state index is -0.552. The summed E-state index contributed by atoms with van der Waals surface area (Å²) in [6, 6.07) is 11.0. The van der Waals surface area contributed by atoms with Gasteiger partial charge in [0, 0.05) is 18.2 Å². The summed E-state index contributed by atoms with van der Waals surface area (Å²) in [6.45, 7) is 1.17. The molecule has 0 spiro atoms. The lowest BCUT2D eigenvalue weighted by atomic mass is 10.2. The molecular weight excluding hydrogens is 273 g/mol. The number of fused-ring (bicyclic) bond motifs is 1. The molecule has 4 nitrogen and oxygen atoms in total. The van der Waals surface area contributed by atoms with E-state index in [1.807, 2.05) is 0 Å². The molecule has 0 fully saturated rings. The van der Waals surface area contributed by atoms with Gasteiger partial charge in [0.15, 0.2) is 11.5 Å². The van der Waals surface area contributed by atoms with Crippen LogP contribution in [0.25, 0.3) is 0 Å². The number of carbonyl (C=O) groups excluding carboxylic acids is 1. The van der Waals surface area contributed by atoms with E-state index in [4.69, 9.17) is 9.47 Å². The van der Waals surface area contributed by atoms with Gasteiger partial charge in [0.05, 0.1) is 18.8 Å². The number of hydrogen-bond acceptors (Lipinski definition) is 3. The zero-order chi connectivity index (χ0) is 14.7. The molecule has 0 aromatic heterocycles. The first-order valence-corrected chi connectivity index (χ1v) is 6.69. The molecule has 0 bridgehead atoms. The number of anilines is 1. The first kappa shape index (κ1) is 13.4. The molecule has 2 aromatic carbocycles. The van der Waals surface area contributed by atoms with E-state index in [0.29, 0.717) is 30.4 Å². The van der Waals surface area contributed by atoms with Gasteiger partial charge in [0.1, 0.15) is 5.82 Å². The molecule has 0 atom stereocenters. The largest absolute Gasteiger partial charge is 0.490 e. The maximum absolute atomic E-state index is 13.6. The van der Waals surface area contributed by atoms with Gasteiger partial charge in [-0.15, -0.1) is 0 Å². The van der Waals surface area contributed by atoms with Crippen molar-refractivity contribution in [2.75, 3.05) is 18.5 Å².